The Morgan fingerprint density at radius 3 is 2.72 bits per heavy atom. The second-order valence-corrected chi connectivity index (χ2v) is 4.48. The highest BCUT2D eigenvalue weighted by Gasteiger charge is 2.06. The van der Waals surface area contributed by atoms with E-state index in [1.165, 1.54) is 5.56 Å². The number of rotatable bonds is 2. The fourth-order valence-corrected chi connectivity index (χ4v) is 1.80. The van der Waals surface area contributed by atoms with Crippen LogP contribution in [0.1, 0.15) is 30.9 Å². The van der Waals surface area contributed by atoms with Crippen molar-refractivity contribution in [2.24, 2.45) is 5.73 Å². The van der Waals surface area contributed by atoms with Gasteiger partial charge in [-0.15, -0.1) is 0 Å². The maximum Gasteiger partial charge on any atom is 0.133 e. The van der Waals surface area contributed by atoms with E-state index >= 15 is 0 Å². The molecule has 2 rings (SSSR count). The lowest BCUT2D eigenvalue weighted by atomic mass is 9.97. The zero-order valence-electron chi connectivity index (χ0n) is 10.7. The van der Waals surface area contributed by atoms with Crippen LogP contribution in [-0.4, -0.2) is 6.54 Å². The van der Waals surface area contributed by atoms with Gasteiger partial charge in [-0.2, -0.15) is 0 Å². The fourth-order valence-electron chi connectivity index (χ4n) is 1.80. The number of benzene rings is 1. The number of nitrogens with two attached hydrogens (primary N) is 1. The van der Waals surface area contributed by atoms with Gasteiger partial charge in [0.25, 0.3) is 0 Å². The third-order valence-electron chi connectivity index (χ3n) is 2.76. The average Bonchev–Trinajstić information content (AvgIpc) is 2.89. The Morgan fingerprint density at radius 1 is 1.28 bits per heavy atom. The summed E-state index contributed by atoms with van der Waals surface area (Å²) < 4.78 is 5.44. The molecule has 0 aliphatic carbocycles. The molecule has 2 N–H and O–H groups in total. The van der Waals surface area contributed by atoms with E-state index in [-0.39, 0.29) is 0 Å². The predicted molar refractivity (Wildman–Crippen MR) is 74.2 cm³/mol. The van der Waals surface area contributed by atoms with Crippen LogP contribution < -0.4 is 5.73 Å². The highest BCUT2D eigenvalue weighted by Crippen LogP contribution is 2.26. The quantitative estimate of drug-likeness (QED) is 0.816. The van der Waals surface area contributed by atoms with Gasteiger partial charge in [-0.05, 0) is 41.8 Å². The van der Waals surface area contributed by atoms with Crippen LogP contribution in [0.25, 0.3) is 11.3 Å². The summed E-state index contributed by atoms with van der Waals surface area (Å²) in [5.41, 5.74) is 8.72. The number of hydrogen-bond acceptors (Lipinski definition) is 2. The molecule has 0 aliphatic rings. The summed E-state index contributed by atoms with van der Waals surface area (Å²) in [6.45, 7) is 4.71. The molecular formula is C16H17NO. The highest BCUT2D eigenvalue weighted by atomic mass is 16.3. The largest absolute Gasteiger partial charge is 0.464 e. The molecule has 2 aromatic rings. The molecule has 0 fully saturated rings. The minimum absolute atomic E-state index is 0.377. The van der Waals surface area contributed by atoms with Gasteiger partial charge in [0, 0.05) is 11.1 Å². The topological polar surface area (TPSA) is 39.2 Å². The van der Waals surface area contributed by atoms with Gasteiger partial charge in [-0.1, -0.05) is 25.7 Å². The maximum absolute atomic E-state index is 5.44. The second-order valence-electron chi connectivity index (χ2n) is 4.48. The van der Waals surface area contributed by atoms with Crippen LogP contribution in [0, 0.1) is 11.8 Å². The Hall–Kier alpha value is -1.98. The molecule has 1 heterocycles. The maximum atomic E-state index is 5.44. The lowest BCUT2D eigenvalue weighted by molar-refractivity contribution is 0.582. The molecular weight excluding hydrogens is 222 g/mol. The first kappa shape index (κ1) is 12.5. The van der Waals surface area contributed by atoms with Crippen molar-refractivity contribution in [2.75, 3.05) is 6.54 Å². The Balaban J connectivity index is 2.50. The third-order valence-corrected chi connectivity index (χ3v) is 2.76. The normalized spacial score (nSPS) is 10.2. The van der Waals surface area contributed by atoms with Crippen LogP contribution in [0.3, 0.4) is 0 Å². The molecule has 2 nitrogen and oxygen atoms in total. The molecule has 0 radical (unpaired) electrons. The minimum atomic E-state index is 0.377. The lowest BCUT2D eigenvalue weighted by Gasteiger charge is -2.08. The van der Waals surface area contributed by atoms with Crippen LogP contribution in [0.5, 0.6) is 0 Å². The highest BCUT2D eigenvalue weighted by molar-refractivity contribution is 5.62. The first-order chi connectivity index (χ1) is 8.70. The van der Waals surface area contributed by atoms with Crippen molar-refractivity contribution in [1.29, 1.82) is 0 Å². The molecule has 0 saturated carbocycles. The third kappa shape index (κ3) is 2.82. The van der Waals surface area contributed by atoms with Gasteiger partial charge in [0.15, 0.2) is 0 Å². The van der Waals surface area contributed by atoms with Gasteiger partial charge in [0.2, 0.25) is 0 Å². The van der Waals surface area contributed by atoms with Crippen LogP contribution in [0.4, 0.5) is 0 Å². The van der Waals surface area contributed by atoms with Gasteiger partial charge in [-0.3, -0.25) is 0 Å². The zero-order chi connectivity index (χ0) is 13.0. The summed E-state index contributed by atoms with van der Waals surface area (Å²) in [5, 5.41) is 0. The van der Waals surface area contributed by atoms with E-state index in [4.69, 9.17) is 10.2 Å². The molecule has 92 valence electrons. The molecule has 0 amide bonds. The van der Waals surface area contributed by atoms with Crippen LogP contribution >= 0.6 is 0 Å². The SMILES string of the molecule is CC(C)c1cc(C#CCN)cc(-c2ccco2)c1. The molecule has 0 unspecified atom stereocenters. The van der Waals surface area contributed by atoms with E-state index in [2.05, 4.69) is 37.8 Å². The smallest absolute Gasteiger partial charge is 0.133 e. The van der Waals surface area contributed by atoms with Crippen LogP contribution in [0.2, 0.25) is 0 Å². The van der Waals surface area contributed by atoms with Crippen molar-refractivity contribution in [3.05, 3.63) is 47.7 Å². The van der Waals surface area contributed by atoms with E-state index < -0.39 is 0 Å². The van der Waals surface area contributed by atoms with Crippen molar-refractivity contribution in [3.63, 3.8) is 0 Å². The molecule has 18 heavy (non-hydrogen) atoms. The van der Waals surface area contributed by atoms with Crippen molar-refractivity contribution < 1.29 is 4.42 Å². The summed E-state index contributed by atoms with van der Waals surface area (Å²) in [4.78, 5) is 0. The van der Waals surface area contributed by atoms with Crippen molar-refractivity contribution in [3.8, 4) is 23.2 Å². The fraction of sp³-hybridized carbons (Fsp3) is 0.250. The predicted octanol–water partition coefficient (Wildman–Crippen LogP) is 3.38. The van der Waals surface area contributed by atoms with Gasteiger partial charge >= 0.3 is 0 Å². The van der Waals surface area contributed by atoms with E-state index in [1.807, 2.05) is 18.2 Å². The second kappa shape index (κ2) is 5.57. The average molecular weight is 239 g/mol. The molecule has 0 saturated heterocycles. The summed E-state index contributed by atoms with van der Waals surface area (Å²) in [6.07, 6.45) is 1.68. The van der Waals surface area contributed by atoms with Gasteiger partial charge in [0.1, 0.15) is 5.76 Å². The molecule has 1 aromatic heterocycles. The number of hydrogen-bond donors (Lipinski definition) is 1. The van der Waals surface area contributed by atoms with Crippen LogP contribution in [0.15, 0.2) is 41.0 Å². The Bertz CT molecular complexity index is 571. The monoisotopic (exact) mass is 239 g/mol. The van der Waals surface area contributed by atoms with E-state index in [1.54, 1.807) is 6.26 Å². The molecule has 2 heteroatoms. The Morgan fingerprint density at radius 2 is 2.11 bits per heavy atom. The molecule has 0 spiro atoms. The zero-order valence-corrected chi connectivity index (χ0v) is 10.7. The van der Waals surface area contributed by atoms with E-state index in [0.717, 1.165) is 16.9 Å². The molecule has 0 atom stereocenters. The summed E-state index contributed by atoms with van der Waals surface area (Å²) in [5.74, 6) is 7.30. The Labute approximate surface area is 108 Å². The number of furan rings is 1. The molecule has 0 aliphatic heterocycles. The minimum Gasteiger partial charge on any atom is -0.464 e. The first-order valence-corrected chi connectivity index (χ1v) is 6.08. The van der Waals surface area contributed by atoms with Crippen molar-refractivity contribution in [1.82, 2.24) is 0 Å². The van der Waals surface area contributed by atoms with Gasteiger partial charge in [-0.25, -0.2) is 0 Å². The lowest BCUT2D eigenvalue weighted by Crippen LogP contribution is -1.94. The first-order valence-electron chi connectivity index (χ1n) is 6.08. The summed E-state index contributed by atoms with van der Waals surface area (Å²) in [6, 6.07) is 10.1. The molecule has 0 bridgehead atoms. The van der Waals surface area contributed by atoms with Crippen LogP contribution in [-0.2, 0) is 0 Å². The van der Waals surface area contributed by atoms with Crippen molar-refractivity contribution >= 4 is 0 Å². The Kier molecular flexibility index (Phi) is 3.86. The van der Waals surface area contributed by atoms with Crippen molar-refractivity contribution in [2.45, 2.75) is 19.8 Å². The van der Waals surface area contributed by atoms with Gasteiger partial charge < -0.3 is 10.2 Å². The summed E-state index contributed by atoms with van der Waals surface area (Å²) in [7, 11) is 0. The van der Waals surface area contributed by atoms with Gasteiger partial charge in [0.05, 0.1) is 12.8 Å². The van der Waals surface area contributed by atoms with E-state index in [0.29, 0.717) is 12.5 Å². The summed E-state index contributed by atoms with van der Waals surface area (Å²) >= 11 is 0. The molecule has 1 aromatic carbocycles. The van der Waals surface area contributed by atoms with E-state index in [9.17, 15) is 0 Å². The standard InChI is InChI=1S/C16H17NO/c1-12(2)14-9-13(5-3-7-17)10-15(11-14)16-6-4-8-18-16/h4,6,8-12H,7,17H2,1-2H3.